The monoisotopic (exact) mass is 323 g/mol. The van der Waals surface area contributed by atoms with E-state index in [1.54, 1.807) is 0 Å². The van der Waals surface area contributed by atoms with Crippen LogP contribution in [-0.2, 0) is 0 Å². The molecule has 0 heterocycles. The molecule has 0 saturated heterocycles. The SMILES string of the molecule is CCC/C=C/C=C/C[C@@H](C)[C@@H](O)C(N(C)C(C)(C)C)C(C)(C)C. The summed E-state index contributed by atoms with van der Waals surface area (Å²) in [5, 5.41) is 11.0. The number of likely N-dealkylation sites (N-methyl/N-ethyl adjacent to an activating group) is 1. The molecule has 2 nitrogen and oxygen atoms in total. The average Bonchev–Trinajstić information content (AvgIpc) is 2.39. The van der Waals surface area contributed by atoms with Gasteiger partial charge in [-0.3, -0.25) is 4.90 Å². The Bertz CT molecular complexity index is 370. The molecular weight excluding hydrogens is 282 g/mol. The van der Waals surface area contributed by atoms with Crippen LogP contribution in [-0.4, -0.2) is 34.7 Å². The largest absolute Gasteiger partial charge is 0.391 e. The van der Waals surface area contributed by atoms with E-state index in [1.165, 1.54) is 6.42 Å². The Hall–Kier alpha value is -0.600. The fraction of sp³-hybridized carbons (Fsp3) is 0.810. The summed E-state index contributed by atoms with van der Waals surface area (Å²) in [6.45, 7) is 17.6. The smallest absolute Gasteiger partial charge is 0.0728 e. The van der Waals surface area contributed by atoms with Crippen molar-refractivity contribution in [1.29, 1.82) is 0 Å². The molecule has 0 fully saturated rings. The Kier molecular flexibility index (Phi) is 9.39. The zero-order chi connectivity index (χ0) is 18.3. The van der Waals surface area contributed by atoms with Gasteiger partial charge in [-0.25, -0.2) is 0 Å². The number of aliphatic hydroxyl groups excluding tert-OH is 1. The molecule has 1 unspecified atom stereocenters. The van der Waals surface area contributed by atoms with Gasteiger partial charge < -0.3 is 5.11 Å². The van der Waals surface area contributed by atoms with Gasteiger partial charge in [-0.05, 0) is 52.0 Å². The minimum absolute atomic E-state index is 0.0282. The van der Waals surface area contributed by atoms with Crippen LogP contribution in [0.5, 0.6) is 0 Å². The molecule has 0 bridgehead atoms. The molecule has 0 aromatic carbocycles. The second-order valence-electron chi connectivity index (χ2n) is 8.94. The van der Waals surface area contributed by atoms with E-state index < -0.39 is 0 Å². The van der Waals surface area contributed by atoms with Crippen LogP contribution in [0.15, 0.2) is 24.3 Å². The highest BCUT2D eigenvalue weighted by atomic mass is 16.3. The Morgan fingerprint density at radius 3 is 1.96 bits per heavy atom. The quantitative estimate of drug-likeness (QED) is 0.602. The first-order chi connectivity index (χ1) is 10.4. The maximum Gasteiger partial charge on any atom is 0.0728 e. The van der Waals surface area contributed by atoms with Gasteiger partial charge in [0.25, 0.3) is 0 Å². The minimum atomic E-state index is -0.344. The van der Waals surface area contributed by atoms with Crippen LogP contribution < -0.4 is 0 Å². The van der Waals surface area contributed by atoms with Crippen LogP contribution in [0.25, 0.3) is 0 Å². The molecule has 0 radical (unpaired) electrons. The van der Waals surface area contributed by atoms with Crippen LogP contribution in [0.4, 0.5) is 0 Å². The van der Waals surface area contributed by atoms with Crippen molar-refractivity contribution in [1.82, 2.24) is 4.90 Å². The highest BCUT2D eigenvalue weighted by Gasteiger charge is 2.40. The predicted octanol–water partition coefficient (Wildman–Crippen LogP) is 5.43. The number of unbranched alkanes of at least 4 members (excludes halogenated alkanes) is 1. The zero-order valence-electron chi connectivity index (χ0n) is 17.1. The molecule has 0 saturated carbocycles. The molecule has 136 valence electrons. The summed E-state index contributed by atoms with van der Waals surface area (Å²) in [6, 6.07) is 0.126. The first kappa shape index (κ1) is 22.4. The lowest BCUT2D eigenvalue weighted by Crippen LogP contribution is -2.57. The minimum Gasteiger partial charge on any atom is -0.391 e. The van der Waals surface area contributed by atoms with Crippen molar-refractivity contribution < 1.29 is 5.11 Å². The van der Waals surface area contributed by atoms with Crippen molar-refractivity contribution in [3.63, 3.8) is 0 Å². The molecule has 3 atom stereocenters. The van der Waals surface area contributed by atoms with Crippen molar-refractivity contribution in [3.05, 3.63) is 24.3 Å². The van der Waals surface area contributed by atoms with Crippen LogP contribution in [0, 0.1) is 11.3 Å². The Labute approximate surface area is 145 Å². The van der Waals surface area contributed by atoms with Crippen LogP contribution in [0.2, 0.25) is 0 Å². The van der Waals surface area contributed by atoms with Gasteiger partial charge in [0.05, 0.1) is 6.10 Å². The van der Waals surface area contributed by atoms with Crippen molar-refractivity contribution >= 4 is 0 Å². The molecule has 23 heavy (non-hydrogen) atoms. The van der Waals surface area contributed by atoms with E-state index in [9.17, 15) is 5.11 Å². The number of hydrogen-bond donors (Lipinski definition) is 1. The third-order valence-electron chi connectivity index (χ3n) is 4.62. The number of nitrogens with zero attached hydrogens (tertiary/aromatic N) is 1. The molecule has 0 aromatic rings. The van der Waals surface area contributed by atoms with Crippen molar-refractivity contribution in [2.45, 2.75) is 92.3 Å². The lowest BCUT2D eigenvalue weighted by molar-refractivity contribution is -0.0571. The molecule has 0 aliphatic heterocycles. The summed E-state index contributed by atoms with van der Waals surface area (Å²) in [6.07, 6.45) is 11.5. The van der Waals surface area contributed by atoms with Crippen molar-refractivity contribution in [2.24, 2.45) is 11.3 Å². The number of rotatable bonds is 8. The van der Waals surface area contributed by atoms with E-state index >= 15 is 0 Å². The lowest BCUT2D eigenvalue weighted by Gasteiger charge is -2.48. The number of aliphatic hydroxyl groups is 1. The third-order valence-corrected chi connectivity index (χ3v) is 4.62. The van der Waals surface area contributed by atoms with Gasteiger partial charge in [-0.2, -0.15) is 0 Å². The molecular formula is C21H41NO. The van der Waals surface area contributed by atoms with Crippen LogP contribution in [0.1, 0.15) is 74.7 Å². The maximum atomic E-state index is 11.0. The lowest BCUT2D eigenvalue weighted by atomic mass is 9.76. The van der Waals surface area contributed by atoms with Gasteiger partial charge in [0.2, 0.25) is 0 Å². The molecule has 0 spiro atoms. The Morgan fingerprint density at radius 2 is 1.52 bits per heavy atom. The Balaban J connectivity index is 4.92. The van der Waals surface area contributed by atoms with Gasteiger partial charge in [-0.15, -0.1) is 0 Å². The van der Waals surface area contributed by atoms with E-state index in [0.29, 0.717) is 0 Å². The molecule has 0 aliphatic rings. The molecule has 0 amide bonds. The fourth-order valence-electron chi connectivity index (χ4n) is 2.90. The second kappa shape index (κ2) is 9.64. The average molecular weight is 324 g/mol. The molecule has 0 aromatic heterocycles. The fourth-order valence-corrected chi connectivity index (χ4v) is 2.90. The molecule has 0 aliphatic carbocycles. The van der Waals surface area contributed by atoms with Crippen LogP contribution in [0.3, 0.4) is 0 Å². The van der Waals surface area contributed by atoms with E-state index in [4.69, 9.17) is 0 Å². The molecule has 1 N–H and O–H groups in total. The predicted molar refractivity (Wildman–Crippen MR) is 104 cm³/mol. The van der Waals surface area contributed by atoms with Gasteiger partial charge in [0.15, 0.2) is 0 Å². The van der Waals surface area contributed by atoms with E-state index in [0.717, 1.165) is 12.8 Å². The first-order valence-electron chi connectivity index (χ1n) is 9.15. The number of hydrogen-bond acceptors (Lipinski definition) is 2. The summed E-state index contributed by atoms with van der Waals surface area (Å²) in [5.74, 6) is 0.236. The topological polar surface area (TPSA) is 23.5 Å². The summed E-state index contributed by atoms with van der Waals surface area (Å²) in [7, 11) is 2.13. The molecule has 0 rings (SSSR count). The zero-order valence-corrected chi connectivity index (χ0v) is 17.1. The second-order valence-corrected chi connectivity index (χ2v) is 8.94. The van der Waals surface area contributed by atoms with Crippen molar-refractivity contribution in [3.8, 4) is 0 Å². The van der Waals surface area contributed by atoms with E-state index in [1.807, 2.05) is 0 Å². The maximum absolute atomic E-state index is 11.0. The van der Waals surface area contributed by atoms with Crippen molar-refractivity contribution in [2.75, 3.05) is 7.05 Å². The van der Waals surface area contributed by atoms with Gasteiger partial charge >= 0.3 is 0 Å². The van der Waals surface area contributed by atoms with Gasteiger partial charge in [0.1, 0.15) is 0 Å². The first-order valence-corrected chi connectivity index (χ1v) is 9.15. The highest BCUT2D eigenvalue weighted by molar-refractivity contribution is 5.03. The van der Waals surface area contributed by atoms with E-state index in [2.05, 4.69) is 91.6 Å². The Morgan fingerprint density at radius 1 is 1.00 bits per heavy atom. The van der Waals surface area contributed by atoms with Crippen LogP contribution >= 0.6 is 0 Å². The normalized spacial score (nSPS) is 18.0. The summed E-state index contributed by atoms with van der Waals surface area (Å²) in [4.78, 5) is 2.33. The van der Waals surface area contributed by atoms with E-state index in [-0.39, 0.29) is 29.0 Å². The summed E-state index contributed by atoms with van der Waals surface area (Å²) >= 11 is 0. The summed E-state index contributed by atoms with van der Waals surface area (Å²) in [5.41, 5.74) is 0.0673. The molecule has 2 heteroatoms. The highest BCUT2D eigenvalue weighted by Crippen LogP contribution is 2.33. The van der Waals surface area contributed by atoms with Gasteiger partial charge in [-0.1, -0.05) is 65.3 Å². The summed E-state index contributed by atoms with van der Waals surface area (Å²) < 4.78 is 0. The standard InChI is InChI=1S/C21H41NO/c1-10-11-12-13-14-15-16-17(2)18(23)19(20(3,4)5)22(9)21(6,7)8/h12-15,17-19,23H,10-11,16H2,1-9H3/b13-12+,15-14+/t17-,18-,19?/m1/s1. The third kappa shape index (κ3) is 8.17. The number of allylic oxidation sites excluding steroid dienone is 4. The van der Waals surface area contributed by atoms with Gasteiger partial charge in [0, 0.05) is 11.6 Å².